The van der Waals surface area contributed by atoms with Gasteiger partial charge in [0.2, 0.25) is 0 Å². The fourth-order valence-corrected chi connectivity index (χ4v) is 2.88. The Kier molecular flexibility index (Phi) is 5.94. The molecule has 0 aromatic rings. The van der Waals surface area contributed by atoms with E-state index in [1.165, 1.54) is 12.5 Å². The van der Waals surface area contributed by atoms with Crippen LogP contribution in [0.5, 0.6) is 0 Å². The fourth-order valence-electron chi connectivity index (χ4n) is 1.66. The first-order chi connectivity index (χ1) is 6.78. The van der Waals surface area contributed by atoms with Crippen molar-refractivity contribution in [3.05, 3.63) is 0 Å². The SMILES string of the molecule is CN=C(N(C)C)N(C)CCC[Si](C)(C)C. The van der Waals surface area contributed by atoms with Gasteiger partial charge in [0.1, 0.15) is 0 Å². The van der Waals surface area contributed by atoms with Gasteiger partial charge in [-0.15, -0.1) is 0 Å². The van der Waals surface area contributed by atoms with Gasteiger partial charge in [0.05, 0.1) is 0 Å². The van der Waals surface area contributed by atoms with Crippen molar-refractivity contribution in [2.75, 3.05) is 34.7 Å². The van der Waals surface area contributed by atoms with Crippen LogP contribution in [0.2, 0.25) is 25.7 Å². The first-order valence-electron chi connectivity index (χ1n) is 5.63. The molecule has 3 nitrogen and oxygen atoms in total. The van der Waals surface area contributed by atoms with Gasteiger partial charge in [-0.2, -0.15) is 0 Å². The van der Waals surface area contributed by atoms with Gasteiger partial charge in [-0.25, -0.2) is 0 Å². The van der Waals surface area contributed by atoms with E-state index in [1.807, 2.05) is 21.1 Å². The highest BCUT2D eigenvalue weighted by Crippen LogP contribution is 2.11. The van der Waals surface area contributed by atoms with Gasteiger partial charge >= 0.3 is 0 Å². The molecule has 0 aliphatic rings. The van der Waals surface area contributed by atoms with Crippen LogP contribution in [-0.2, 0) is 0 Å². The van der Waals surface area contributed by atoms with E-state index >= 15 is 0 Å². The number of hydrogen-bond acceptors (Lipinski definition) is 1. The quantitative estimate of drug-likeness (QED) is 0.418. The summed E-state index contributed by atoms with van der Waals surface area (Å²) >= 11 is 0. The van der Waals surface area contributed by atoms with Gasteiger partial charge in [0, 0.05) is 42.8 Å². The van der Waals surface area contributed by atoms with E-state index < -0.39 is 8.07 Å². The second kappa shape index (κ2) is 6.15. The van der Waals surface area contributed by atoms with Gasteiger partial charge in [0.25, 0.3) is 0 Å². The Balaban J connectivity index is 3.98. The van der Waals surface area contributed by atoms with Crippen molar-refractivity contribution in [1.29, 1.82) is 0 Å². The maximum absolute atomic E-state index is 4.28. The third-order valence-electron chi connectivity index (χ3n) is 2.36. The maximum Gasteiger partial charge on any atom is 0.195 e. The molecule has 4 heteroatoms. The third kappa shape index (κ3) is 6.55. The Morgan fingerprint density at radius 1 is 1.13 bits per heavy atom. The molecule has 15 heavy (non-hydrogen) atoms. The second-order valence-electron chi connectivity index (χ2n) is 5.50. The normalized spacial score (nSPS) is 12.9. The number of guanidine groups is 1. The zero-order chi connectivity index (χ0) is 12.1. The van der Waals surface area contributed by atoms with Gasteiger partial charge in [-0.3, -0.25) is 4.99 Å². The van der Waals surface area contributed by atoms with Crippen molar-refractivity contribution in [3.8, 4) is 0 Å². The molecule has 0 unspecified atom stereocenters. The van der Waals surface area contributed by atoms with Gasteiger partial charge in [0.15, 0.2) is 5.96 Å². The summed E-state index contributed by atoms with van der Waals surface area (Å²) in [5, 5.41) is 0. The molecule has 90 valence electrons. The molecule has 0 N–H and O–H groups in total. The first-order valence-corrected chi connectivity index (χ1v) is 9.34. The monoisotopic (exact) mass is 229 g/mol. The average Bonchev–Trinajstić information content (AvgIpc) is 2.01. The van der Waals surface area contributed by atoms with Crippen molar-refractivity contribution in [2.45, 2.75) is 32.1 Å². The molecular weight excluding hydrogens is 202 g/mol. The molecule has 0 atom stereocenters. The Morgan fingerprint density at radius 2 is 1.67 bits per heavy atom. The number of hydrogen-bond donors (Lipinski definition) is 0. The minimum atomic E-state index is -0.876. The molecule has 0 aliphatic carbocycles. The summed E-state index contributed by atoms with van der Waals surface area (Å²) in [6.07, 6.45) is 1.28. The van der Waals surface area contributed by atoms with Crippen LogP contribution < -0.4 is 0 Å². The lowest BCUT2D eigenvalue weighted by atomic mass is 10.4. The van der Waals surface area contributed by atoms with Crippen LogP contribution in [0.15, 0.2) is 4.99 Å². The number of rotatable bonds is 4. The third-order valence-corrected chi connectivity index (χ3v) is 4.22. The molecule has 0 spiro atoms. The minimum absolute atomic E-state index is 0.876. The van der Waals surface area contributed by atoms with E-state index in [9.17, 15) is 0 Å². The van der Waals surface area contributed by atoms with Crippen molar-refractivity contribution < 1.29 is 0 Å². The van der Waals surface area contributed by atoms with Gasteiger partial charge in [-0.1, -0.05) is 25.7 Å². The van der Waals surface area contributed by atoms with Crippen LogP contribution >= 0.6 is 0 Å². The summed E-state index contributed by atoms with van der Waals surface area (Å²) < 4.78 is 0. The number of aliphatic imine (C=N–C) groups is 1. The molecule has 0 rings (SSSR count). The standard InChI is InChI=1S/C11H27N3Si/c1-12-11(13(2)3)14(4)9-8-10-15(5,6)7/h8-10H2,1-7H3. The lowest BCUT2D eigenvalue weighted by molar-refractivity contribution is 0.422. The van der Waals surface area contributed by atoms with Crippen LogP contribution in [0.4, 0.5) is 0 Å². The summed E-state index contributed by atoms with van der Waals surface area (Å²) in [5.41, 5.74) is 0. The van der Waals surface area contributed by atoms with Crippen LogP contribution in [0.25, 0.3) is 0 Å². The molecular formula is C11H27N3Si. The molecule has 0 amide bonds. The second-order valence-corrected chi connectivity index (χ2v) is 11.1. The van der Waals surface area contributed by atoms with E-state index in [-0.39, 0.29) is 0 Å². The molecule has 0 heterocycles. The van der Waals surface area contributed by atoms with Crippen molar-refractivity contribution in [1.82, 2.24) is 9.80 Å². The highest BCUT2D eigenvalue weighted by Gasteiger charge is 2.13. The molecule has 0 aromatic heterocycles. The van der Waals surface area contributed by atoms with Crippen molar-refractivity contribution >= 4 is 14.0 Å². The minimum Gasteiger partial charge on any atom is -0.349 e. The topological polar surface area (TPSA) is 18.8 Å². The molecule has 0 fully saturated rings. The highest BCUT2D eigenvalue weighted by molar-refractivity contribution is 6.76. The Labute approximate surface area is 96.2 Å². The summed E-state index contributed by atoms with van der Waals surface area (Å²) in [5.74, 6) is 1.06. The van der Waals surface area contributed by atoms with Crippen LogP contribution in [0, 0.1) is 0 Å². The lowest BCUT2D eigenvalue weighted by Gasteiger charge is -2.27. The molecule has 0 saturated carbocycles. The van der Waals surface area contributed by atoms with Crippen molar-refractivity contribution in [3.63, 3.8) is 0 Å². The Morgan fingerprint density at radius 3 is 2.00 bits per heavy atom. The summed E-state index contributed by atoms with van der Waals surface area (Å²) in [6, 6.07) is 1.39. The fraction of sp³-hybridized carbons (Fsp3) is 0.909. The molecule has 0 aliphatic heterocycles. The smallest absolute Gasteiger partial charge is 0.195 e. The lowest BCUT2D eigenvalue weighted by Crippen LogP contribution is -2.38. The maximum atomic E-state index is 4.28. The Bertz CT molecular complexity index is 206. The molecule has 0 bridgehead atoms. The summed E-state index contributed by atoms with van der Waals surface area (Å²) in [4.78, 5) is 8.58. The predicted octanol–water partition coefficient (Wildman–Crippen LogP) is 2.19. The molecule has 0 radical (unpaired) electrons. The molecule has 0 saturated heterocycles. The van der Waals surface area contributed by atoms with Crippen LogP contribution in [0.3, 0.4) is 0 Å². The van der Waals surface area contributed by atoms with E-state index in [1.54, 1.807) is 0 Å². The predicted molar refractivity (Wildman–Crippen MR) is 72.4 cm³/mol. The van der Waals surface area contributed by atoms with Gasteiger partial charge < -0.3 is 9.80 Å². The zero-order valence-electron chi connectivity index (χ0n) is 11.5. The highest BCUT2D eigenvalue weighted by atomic mass is 28.3. The van der Waals surface area contributed by atoms with Gasteiger partial charge in [-0.05, 0) is 6.42 Å². The molecule has 0 aromatic carbocycles. The van der Waals surface area contributed by atoms with E-state index in [0.717, 1.165) is 12.5 Å². The van der Waals surface area contributed by atoms with E-state index in [2.05, 4.69) is 41.5 Å². The average molecular weight is 229 g/mol. The van der Waals surface area contributed by atoms with Crippen LogP contribution in [0.1, 0.15) is 6.42 Å². The van der Waals surface area contributed by atoms with Crippen LogP contribution in [-0.4, -0.2) is 58.6 Å². The number of nitrogens with zero attached hydrogens (tertiary/aromatic N) is 3. The zero-order valence-corrected chi connectivity index (χ0v) is 12.5. The largest absolute Gasteiger partial charge is 0.349 e. The van der Waals surface area contributed by atoms with Crippen molar-refractivity contribution in [2.24, 2.45) is 4.99 Å². The van der Waals surface area contributed by atoms with E-state index in [0.29, 0.717) is 0 Å². The first kappa shape index (κ1) is 14.5. The van der Waals surface area contributed by atoms with E-state index in [4.69, 9.17) is 0 Å². The summed E-state index contributed by atoms with van der Waals surface area (Å²) in [6.45, 7) is 8.38. The Hall–Kier alpha value is -0.513. The summed E-state index contributed by atoms with van der Waals surface area (Å²) in [7, 11) is 7.17.